The minimum Gasteiger partial charge on any atom is -0.270 e. The molecule has 31 heavy (non-hydrogen) atoms. The van der Waals surface area contributed by atoms with Crippen molar-refractivity contribution in [3.63, 3.8) is 0 Å². The van der Waals surface area contributed by atoms with Crippen molar-refractivity contribution in [2.24, 2.45) is 0 Å². The molecule has 2 amide bonds. The zero-order chi connectivity index (χ0) is 21.6. The van der Waals surface area contributed by atoms with Gasteiger partial charge in [-0.1, -0.05) is 96.6 Å². The first kappa shape index (κ1) is 20.3. The van der Waals surface area contributed by atoms with Gasteiger partial charge in [-0.25, -0.2) is 0 Å². The Labute approximate surface area is 182 Å². The minimum absolute atomic E-state index is 0.208. The summed E-state index contributed by atoms with van der Waals surface area (Å²) in [5.41, 5.74) is 3.48. The topological polar surface area (TPSA) is 37.4 Å². The number of hydrogen-bond acceptors (Lipinski definition) is 2. The molecular weight excluding hydrogens is 382 g/mol. The minimum atomic E-state index is -0.345. The van der Waals surface area contributed by atoms with Crippen LogP contribution in [0.25, 0.3) is 16.8 Å². The standard InChI is InChI=1S/C28H23NO2/c1-21-14-16-22(17-15-21)18-19-27(30)29(20-23-8-3-2-4-9-23)28(31)26-13-7-11-24-10-5-6-12-25(24)26/h2-19H,20H2,1H3/b19-18+. The van der Waals surface area contributed by atoms with Crippen LogP contribution in [0.2, 0.25) is 0 Å². The van der Waals surface area contributed by atoms with Gasteiger partial charge in [0.15, 0.2) is 0 Å². The summed E-state index contributed by atoms with van der Waals surface area (Å²) in [7, 11) is 0. The van der Waals surface area contributed by atoms with Crippen LogP contribution in [-0.4, -0.2) is 16.7 Å². The number of benzene rings is 4. The highest BCUT2D eigenvalue weighted by molar-refractivity contribution is 6.14. The van der Waals surface area contributed by atoms with Gasteiger partial charge in [-0.05, 0) is 41.0 Å². The van der Waals surface area contributed by atoms with E-state index in [0.717, 1.165) is 27.5 Å². The van der Waals surface area contributed by atoms with Gasteiger partial charge in [0.25, 0.3) is 11.8 Å². The van der Waals surface area contributed by atoms with Gasteiger partial charge in [0.05, 0.1) is 6.54 Å². The molecule has 0 aliphatic rings. The molecule has 0 bridgehead atoms. The van der Waals surface area contributed by atoms with E-state index in [2.05, 4.69) is 0 Å². The summed E-state index contributed by atoms with van der Waals surface area (Å²) in [5, 5.41) is 1.80. The maximum atomic E-state index is 13.5. The van der Waals surface area contributed by atoms with Crippen LogP contribution in [0.3, 0.4) is 0 Å². The van der Waals surface area contributed by atoms with Crippen LogP contribution in [0.15, 0.2) is 103 Å². The molecule has 3 nitrogen and oxygen atoms in total. The third-order valence-corrected chi connectivity index (χ3v) is 5.21. The quantitative estimate of drug-likeness (QED) is 0.380. The molecule has 0 unspecified atom stereocenters. The highest BCUT2D eigenvalue weighted by atomic mass is 16.2. The average molecular weight is 405 g/mol. The van der Waals surface area contributed by atoms with E-state index < -0.39 is 0 Å². The molecule has 0 aromatic heterocycles. The molecule has 0 aliphatic carbocycles. The molecular formula is C28H23NO2. The summed E-state index contributed by atoms with van der Waals surface area (Å²) in [6, 6.07) is 30.8. The van der Waals surface area contributed by atoms with Crippen molar-refractivity contribution in [1.82, 2.24) is 4.90 Å². The molecule has 4 aromatic rings. The predicted octanol–water partition coefficient (Wildman–Crippen LogP) is 6.03. The first-order chi connectivity index (χ1) is 15.1. The van der Waals surface area contributed by atoms with Crippen LogP contribution < -0.4 is 0 Å². The Morgan fingerprint density at radius 3 is 2.23 bits per heavy atom. The van der Waals surface area contributed by atoms with E-state index in [9.17, 15) is 9.59 Å². The Bertz CT molecular complexity index is 1240. The molecule has 0 atom stereocenters. The maximum Gasteiger partial charge on any atom is 0.261 e. The number of nitrogens with zero attached hydrogens (tertiary/aromatic N) is 1. The summed E-state index contributed by atoms with van der Waals surface area (Å²) < 4.78 is 0. The molecule has 0 aliphatic heterocycles. The highest BCUT2D eigenvalue weighted by Crippen LogP contribution is 2.21. The number of rotatable bonds is 5. The molecule has 0 radical (unpaired) electrons. The summed E-state index contributed by atoms with van der Waals surface area (Å²) >= 11 is 0. The predicted molar refractivity (Wildman–Crippen MR) is 125 cm³/mol. The molecule has 0 saturated heterocycles. The number of imide groups is 1. The summed E-state index contributed by atoms with van der Waals surface area (Å²) in [6.45, 7) is 2.23. The third-order valence-electron chi connectivity index (χ3n) is 5.21. The second-order valence-corrected chi connectivity index (χ2v) is 7.49. The second-order valence-electron chi connectivity index (χ2n) is 7.49. The van der Waals surface area contributed by atoms with Crippen molar-refractivity contribution in [1.29, 1.82) is 0 Å². The lowest BCUT2D eigenvalue weighted by molar-refractivity contribution is -0.124. The van der Waals surface area contributed by atoms with Crippen molar-refractivity contribution >= 4 is 28.7 Å². The first-order valence-corrected chi connectivity index (χ1v) is 10.2. The maximum absolute atomic E-state index is 13.5. The van der Waals surface area contributed by atoms with Crippen molar-refractivity contribution in [2.75, 3.05) is 0 Å². The Hall–Kier alpha value is -3.98. The van der Waals surface area contributed by atoms with Gasteiger partial charge in [-0.2, -0.15) is 0 Å². The van der Waals surface area contributed by atoms with Crippen LogP contribution >= 0.6 is 0 Å². The lowest BCUT2D eigenvalue weighted by atomic mass is 10.0. The fraction of sp³-hybridized carbons (Fsp3) is 0.0714. The lowest BCUT2D eigenvalue weighted by Crippen LogP contribution is -2.35. The normalized spacial score (nSPS) is 11.0. The molecule has 0 N–H and O–H groups in total. The van der Waals surface area contributed by atoms with Crippen LogP contribution in [0, 0.1) is 6.92 Å². The number of hydrogen-bond donors (Lipinski definition) is 0. The van der Waals surface area contributed by atoms with E-state index in [-0.39, 0.29) is 18.4 Å². The van der Waals surface area contributed by atoms with E-state index in [1.165, 1.54) is 11.0 Å². The van der Waals surface area contributed by atoms with Gasteiger partial charge in [-0.3, -0.25) is 14.5 Å². The van der Waals surface area contributed by atoms with E-state index in [1.54, 1.807) is 12.1 Å². The van der Waals surface area contributed by atoms with E-state index in [4.69, 9.17) is 0 Å². The monoisotopic (exact) mass is 405 g/mol. The lowest BCUT2D eigenvalue weighted by Gasteiger charge is -2.20. The molecule has 0 fully saturated rings. The van der Waals surface area contributed by atoms with Gasteiger partial charge in [0, 0.05) is 11.6 Å². The van der Waals surface area contributed by atoms with Crippen molar-refractivity contribution in [2.45, 2.75) is 13.5 Å². The van der Waals surface area contributed by atoms with Crippen molar-refractivity contribution < 1.29 is 9.59 Å². The molecule has 4 aromatic carbocycles. The zero-order valence-corrected chi connectivity index (χ0v) is 17.4. The third kappa shape index (κ3) is 4.78. The molecule has 0 spiro atoms. The largest absolute Gasteiger partial charge is 0.270 e. The summed E-state index contributed by atoms with van der Waals surface area (Å²) in [5.74, 6) is -0.651. The summed E-state index contributed by atoms with van der Waals surface area (Å²) in [4.78, 5) is 28.0. The van der Waals surface area contributed by atoms with Crippen LogP contribution in [0.5, 0.6) is 0 Å². The van der Waals surface area contributed by atoms with E-state index >= 15 is 0 Å². The summed E-state index contributed by atoms with van der Waals surface area (Å²) in [6.07, 6.45) is 3.22. The van der Waals surface area contributed by atoms with Gasteiger partial charge in [0.1, 0.15) is 0 Å². The highest BCUT2D eigenvalue weighted by Gasteiger charge is 2.23. The number of aryl methyl sites for hydroxylation is 1. The number of carbonyl (C=O) groups excluding carboxylic acids is 2. The van der Waals surface area contributed by atoms with Gasteiger partial charge < -0.3 is 0 Å². The Balaban J connectivity index is 1.68. The fourth-order valence-corrected chi connectivity index (χ4v) is 3.51. The van der Waals surface area contributed by atoms with Gasteiger partial charge in [-0.15, -0.1) is 0 Å². The SMILES string of the molecule is Cc1ccc(/C=C/C(=O)N(Cc2ccccc2)C(=O)c2cccc3ccccc23)cc1. The zero-order valence-electron chi connectivity index (χ0n) is 17.4. The van der Waals surface area contributed by atoms with Crippen LogP contribution in [0.4, 0.5) is 0 Å². The van der Waals surface area contributed by atoms with Crippen molar-refractivity contribution in [3.8, 4) is 0 Å². The molecule has 0 saturated carbocycles. The van der Waals surface area contributed by atoms with Gasteiger partial charge >= 0.3 is 0 Å². The van der Waals surface area contributed by atoms with Gasteiger partial charge in [0.2, 0.25) is 0 Å². The van der Waals surface area contributed by atoms with E-state index in [0.29, 0.717) is 5.56 Å². The Morgan fingerprint density at radius 2 is 1.45 bits per heavy atom. The Morgan fingerprint density at radius 1 is 0.774 bits per heavy atom. The van der Waals surface area contributed by atoms with Crippen LogP contribution in [0.1, 0.15) is 27.0 Å². The Kier molecular flexibility index (Phi) is 6.04. The van der Waals surface area contributed by atoms with E-state index in [1.807, 2.05) is 97.9 Å². The molecule has 4 rings (SSSR count). The fourth-order valence-electron chi connectivity index (χ4n) is 3.51. The average Bonchev–Trinajstić information content (AvgIpc) is 2.82. The molecule has 3 heteroatoms. The second kappa shape index (κ2) is 9.23. The number of carbonyl (C=O) groups is 2. The van der Waals surface area contributed by atoms with Crippen LogP contribution in [-0.2, 0) is 11.3 Å². The smallest absolute Gasteiger partial charge is 0.261 e. The first-order valence-electron chi connectivity index (χ1n) is 10.2. The molecule has 0 heterocycles. The molecule has 152 valence electrons. The number of fused-ring (bicyclic) bond motifs is 1. The van der Waals surface area contributed by atoms with Crippen molar-refractivity contribution in [3.05, 3.63) is 125 Å². The number of amides is 2.